The number of hydrogen-bond acceptors (Lipinski definition) is 6. The van der Waals surface area contributed by atoms with E-state index >= 15 is 0 Å². The molecular weight excluding hydrogens is 298 g/mol. The lowest BCUT2D eigenvalue weighted by molar-refractivity contribution is -0.386. The van der Waals surface area contributed by atoms with Crippen LogP contribution < -0.4 is 4.72 Å². The van der Waals surface area contributed by atoms with Crippen LogP contribution in [0, 0.1) is 10.1 Å². The van der Waals surface area contributed by atoms with E-state index in [1.54, 1.807) is 0 Å². The second-order valence-corrected chi connectivity index (χ2v) is 6.84. The molecular formula is C12H17N3O5S. The summed E-state index contributed by atoms with van der Waals surface area (Å²) in [4.78, 5) is 11.7. The van der Waals surface area contributed by atoms with E-state index < -0.39 is 26.4 Å². The van der Waals surface area contributed by atoms with Crippen molar-refractivity contribution in [1.82, 2.24) is 9.62 Å². The van der Waals surface area contributed by atoms with E-state index in [2.05, 4.69) is 4.72 Å². The molecule has 1 aromatic rings. The molecule has 0 saturated carbocycles. The van der Waals surface area contributed by atoms with Crippen LogP contribution in [0.15, 0.2) is 23.1 Å². The van der Waals surface area contributed by atoms with Crippen molar-refractivity contribution in [3.8, 4) is 5.75 Å². The molecule has 0 aromatic heterocycles. The van der Waals surface area contributed by atoms with Gasteiger partial charge in [0.15, 0.2) is 5.75 Å². The maximum atomic E-state index is 12.3. The highest BCUT2D eigenvalue weighted by atomic mass is 32.2. The molecule has 2 N–H and O–H groups in total. The Balaban J connectivity index is 2.23. The van der Waals surface area contributed by atoms with Gasteiger partial charge in [-0.15, -0.1) is 0 Å². The third kappa shape index (κ3) is 3.69. The summed E-state index contributed by atoms with van der Waals surface area (Å²) in [5, 5.41) is 20.1. The zero-order valence-electron chi connectivity index (χ0n) is 11.5. The Bertz CT molecular complexity index is 646. The van der Waals surface area contributed by atoms with Crippen LogP contribution in [0.4, 0.5) is 5.69 Å². The van der Waals surface area contributed by atoms with Crippen molar-refractivity contribution in [3.05, 3.63) is 28.3 Å². The van der Waals surface area contributed by atoms with Crippen LogP contribution in [-0.4, -0.2) is 49.5 Å². The number of sulfonamides is 1. The normalized spacial score (nSPS) is 20.3. The van der Waals surface area contributed by atoms with Gasteiger partial charge in [0.1, 0.15) is 0 Å². The Morgan fingerprint density at radius 1 is 1.48 bits per heavy atom. The molecule has 1 aliphatic rings. The lowest BCUT2D eigenvalue weighted by Gasteiger charge is -2.29. The van der Waals surface area contributed by atoms with Crippen LogP contribution in [0.25, 0.3) is 0 Å². The van der Waals surface area contributed by atoms with Crippen molar-refractivity contribution in [2.75, 3.05) is 20.1 Å². The molecule has 0 bridgehead atoms. The van der Waals surface area contributed by atoms with E-state index in [9.17, 15) is 23.6 Å². The highest BCUT2D eigenvalue weighted by molar-refractivity contribution is 7.89. The minimum absolute atomic E-state index is 0.221. The number of aromatic hydroxyl groups is 1. The molecule has 1 fully saturated rings. The molecule has 116 valence electrons. The fourth-order valence-electron chi connectivity index (χ4n) is 2.37. The maximum absolute atomic E-state index is 12.3. The summed E-state index contributed by atoms with van der Waals surface area (Å²) in [6, 6.07) is 2.81. The Labute approximate surface area is 122 Å². The minimum atomic E-state index is -3.85. The second kappa shape index (κ2) is 5.96. The molecule has 1 saturated heterocycles. The van der Waals surface area contributed by atoms with E-state index in [4.69, 9.17) is 0 Å². The topological polar surface area (TPSA) is 113 Å². The lowest BCUT2D eigenvalue weighted by atomic mass is 10.1. The fourth-order valence-corrected chi connectivity index (χ4v) is 3.65. The molecule has 0 aliphatic carbocycles. The highest BCUT2D eigenvalue weighted by Gasteiger charge is 2.26. The Hall–Kier alpha value is -1.71. The molecule has 0 amide bonds. The number of likely N-dealkylation sites (N-methyl/N-ethyl adjacent to an activating group) is 1. The smallest absolute Gasteiger partial charge is 0.312 e. The predicted octanol–water partition coefficient (Wildman–Crippen LogP) is 0.673. The number of phenols is 1. The third-order valence-corrected chi connectivity index (χ3v) is 4.92. The summed E-state index contributed by atoms with van der Waals surface area (Å²) < 4.78 is 27.1. The maximum Gasteiger partial charge on any atom is 0.312 e. The first-order valence-corrected chi connectivity index (χ1v) is 7.96. The first-order chi connectivity index (χ1) is 9.79. The van der Waals surface area contributed by atoms with Gasteiger partial charge in [-0.3, -0.25) is 10.1 Å². The van der Waals surface area contributed by atoms with Crippen molar-refractivity contribution >= 4 is 15.7 Å². The van der Waals surface area contributed by atoms with E-state index in [1.165, 1.54) is 0 Å². The number of phenolic OH excluding ortho intramolecular Hbond substituents is 1. The molecule has 1 aliphatic heterocycles. The Morgan fingerprint density at radius 2 is 2.19 bits per heavy atom. The van der Waals surface area contributed by atoms with Gasteiger partial charge in [-0.1, -0.05) is 0 Å². The highest BCUT2D eigenvalue weighted by Crippen LogP contribution is 2.28. The molecule has 21 heavy (non-hydrogen) atoms. The number of likely N-dealkylation sites (tertiary alicyclic amines) is 1. The number of nitrogens with one attached hydrogen (secondary N) is 1. The SMILES string of the molecule is CN1CCCC(NS(=O)(=O)c2ccc(O)c([N+](=O)[O-])c2)C1. The molecule has 1 aromatic carbocycles. The van der Waals surface area contributed by atoms with Gasteiger partial charge >= 0.3 is 5.69 Å². The number of nitrogens with zero attached hydrogens (tertiary/aromatic N) is 2. The van der Waals surface area contributed by atoms with Gasteiger partial charge < -0.3 is 10.0 Å². The summed E-state index contributed by atoms with van der Waals surface area (Å²) in [6.07, 6.45) is 1.61. The van der Waals surface area contributed by atoms with Crippen molar-refractivity contribution in [3.63, 3.8) is 0 Å². The lowest BCUT2D eigenvalue weighted by Crippen LogP contribution is -2.46. The van der Waals surface area contributed by atoms with Crippen LogP contribution in [0.3, 0.4) is 0 Å². The molecule has 9 heteroatoms. The van der Waals surface area contributed by atoms with Gasteiger partial charge in [-0.05, 0) is 38.6 Å². The van der Waals surface area contributed by atoms with Crippen LogP contribution in [0.2, 0.25) is 0 Å². The third-order valence-electron chi connectivity index (χ3n) is 3.40. The summed E-state index contributed by atoms with van der Waals surface area (Å²) in [5.41, 5.74) is -0.626. The molecule has 1 heterocycles. The first kappa shape index (κ1) is 15.7. The van der Waals surface area contributed by atoms with E-state index in [-0.39, 0.29) is 10.9 Å². The van der Waals surface area contributed by atoms with Crippen LogP contribution in [0.1, 0.15) is 12.8 Å². The number of benzene rings is 1. The molecule has 1 unspecified atom stereocenters. The van der Waals surface area contributed by atoms with Gasteiger partial charge in [0, 0.05) is 18.7 Å². The van der Waals surface area contributed by atoms with Gasteiger partial charge in [0.2, 0.25) is 10.0 Å². The zero-order valence-corrected chi connectivity index (χ0v) is 12.3. The number of rotatable bonds is 4. The van der Waals surface area contributed by atoms with Crippen LogP contribution in [-0.2, 0) is 10.0 Å². The van der Waals surface area contributed by atoms with Crippen LogP contribution >= 0.6 is 0 Å². The molecule has 0 radical (unpaired) electrons. The molecule has 2 rings (SSSR count). The number of nitro benzene ring substituents is 1. The van der Waals surface area contributed by atoms with Gasteiger partial charge in [-0.25, -0.2) is 13.1 Å². The van der Waals surface area contributed by atoms with E-state index in [0.29, 0.717) is 6.54 Å². The van der Waals surface area contributed by atoms with Gasteiger partial charge in [0.05, 0.1) is 9.82 Å². The van der Waals surface area contributed by atoms with Crippen molar-refractivity contribution in [1.29, 1.82) is 0 Å². The number of nitro groups is 1. The largest absolute Gasteiger partial charge is 0.502 e. The number of piperidine rings is 1. The Kier molecular flexibility index (Phi) is 4.45. The Morgan fingerprint density at radius 3 is 2.81 bits per heavy atom. The van der Waals surface area contributed by atoms with Crippen molar-refractivity contribution < 1.29 is 18.4 Å². The summed E-state index contributed by atoms with van der Waals surface area (Å²) in [6.45, 7) is 1.52. The van der Waals surface area contributed by atoms with Gasteiger partial charge in [0.25, 0.3) is 0 Å². The predicted molar refractivity (Wildman–Crippen MR) is 75.6 cm³/mol. The van der Waals surface area contributed by atoms with Crippen molar-refractivity contribution in [2.45, 2.75) is 23.8 Å². The quantitative estimate of drug-likeness (QED) is 0.624. The van der Waals surface area contributed by atoms with Crippen LogP contribution in [0.5, 0.6) is 5.75 Å². The number of hydrogen-bond donors (Lipinski definition) is 2. The average Bonchev–Trinajstić information content (AvgIpc) is 2.38. The summed E-state index contributed by atoms with van der Waals surface area (Å²) in [5.74, 6) is -0.559. The summed E-state index contributed by atoms with van der Waals surface area (Å²) >= 11 is 0. The molecule has 0 spiro atoms. The van der Waals surface area contributed by atoms with Crippen molar-refractivity contribution in [2.24, 2.45) is 0 Å². The fraction of sp³-hybridized carbons (Fsp3) is 0.500. The minimum Gasteiger partial charge on any atom is -0.502 e. The summed E-state index contributed by atoms with van der Waals surface area (Å²) in [7, 11) is -1.94. The van der Waals surface area contributed by atoms with Gasteiger partial charge in [-0.2, -0.15) is 0 Å². The standard InChI is InChI=1S/C12H17N3O5S/c1-14-6-2-3-9(8-14)13-21(19,20)10-4-5-12(16)11(7-10)15(17)18/h4-5,7,9,13,16H,2-3,6,8H2,1H3. The zero-order chi connectivity index (χ0) is 15.6. The average molecular weight is 315 g/mol. The monoisotopic (exact) mass is 315 g/mol. The first-order valence-electron chi connectivity index (χ1n) is 6.48. The van der Waals surface area contributed by atoms with E-state index in [0.717, 1.165) is 37.6 Å². The molecule has 8 nitrogen and oxygen atoms in total. The second-order valence-electron chi connectivity index (χ2n) is 5.13. The molecule has 1 atom stereocenters. The van der Waals surface area contributed by atoms with E-state index in [1.807, 2.05) is 11.9 Å².